The van der Waals surface area contributed by atoms with Crippen molar-refractivity contribution in [2.24, 2.45) is 23.7 Å². The SMILES string of the molecule is O=C(NCCCN1CCCC1=O)[C@@H]1[C@H](C(=O)O)[C@@H]2C=C[C@H]1C2. The summed E-state index contributed by atoms with van der Waals surface area (Å²) in [5, 5.41) is 12.2. The van der Waals surface area contributed by atoms with Crippen LogP contribution in [0.5, 0.6) is 0 Å². The number of carboxylic acids is 1. The lowest BCUT2D eigenvalue weighted by molar-refractivity contribution is -0.147. The fourth-order valence-corrected chi connectivity index (χ4v) is 4.06. The van der Waals surface area contributed by atoms with Gasteiger partial charge in [0.2, 0.25) is 11.8 Å². The predicted octanol–water partition coefficient (Wildman–Crippen LogP) is 0.638. The summed E-state index contributed by atoms with van der Waals surface area (Å²) in [6.45, 7) is 1.97. The molecule has 3 aliphatic rings. The molecule has 2 bridgehead atoms. The lowest BCUT2D eigenvalue weighted by atomic mass is 9.82. The number of allylic oxidation sites excluding steroid dienone is 2. The highest BCUT2D eigenvalue weighted by molar-refractivity contribution is 5.86. The van der Waals surface area contributed by atoms with Gasteiger partial charge in [0.25, 0.3) is 0 Å². The number of carbonyl (C=O) groups excluding carboxylic acids is 2. The van der Waals surface area contributed by atoms with Gasteiger partial charge in [0.05, 0.1) is 11.8 Å². The van der Waals surface area contributed by atoms with Crippen molar-refractivity contribution in [3.63, 3.8) is 0 Å². The molecule has 6 nitrogen and oxygen atoms in total. The quantitative estimate of drug-likeness (QED) is 0.557. The molecular formula is C16H22N2O4. The predicted molar refractivity (Wildman–Crippen MR) is 78.8 cm³/mol. The highest BCUT2D eigenvalue weighted by atomic mass is 16.4. The summed E-state index contributed by atoms with van der Waals surface area (Å²) < 4.78 is 0. The molecule has 0 aromatic carbocycles. The van der Waals surface area contributed by atoms with Crippen molar-refractivity contribution < 1.29 is 19.5 Å². The molecule has 22 heavy (non-hydrogen) atoms. The molecule has 0 unspecified atom stereocenters. The molecule has 0 spiro atoms. The van der Waals surface area contributed by atoms with E-state index in [0.717, 1.165) is 19.4 Å². The van der Waals surface area contributed by atoms with Crippen LogP contribution >= 0.6 is 0 Å². The van der Waals surface area contributed by atoms with Crippen LogP contribution in [0.25, 0.3) is 0 Å². The Morgan fingerprint density at radius 2 is 2.00 bits per heavy atom. The van der Waals surface area contributed by atoms with Gasteiger partial charge in [-0.1, -0.05) is 12.2 Å². The van der Waals surface area contributed by atoms with Crippen LogP contribution in [-0.4, -0.2) is 47.4 Å². The summed E-state index contributed by atoms with van der Waals surface area (Å²) in [5.74, 6) is -1.81. The van der Waals surface area contributed by atoms with Crippen LogP contribution < -0.4 is 5.32 Å². The van der Waals surface area contributed by atoms with E-state index in [1.807, 2.05) is 17.1 Å². The normalized spacial score (nSPS) is 32.7. The maximum atomic E-state index is 12.3. The van der Waals surface area contributed by atoms with Gasteiger partial charge in [-0.15, -0.1) is 0 Å². The second-order valence-corrected chi connectivity index (χ2v) is 6.47. The fourth-order valence-electron chi connectivity index (χ4n) is 4.06. The van der Waals surface area contributed by atoms with Crippen molar-refractivity contribution in [1.29, 1.82) is 0 Å². The van der Waals surface area contributed by atoms with Gasteiger partial charge in [-0.3, -0.25) is 14.4 Å². The minimum atomic E-state index is -0.875. The van der Waals surface area contributed by atoms with Gasteiger partial charge >= 0.3 is 5.97 Å². The van der Waals surface area contributed by atoms with E-state index in [9.17, 15) is 19.5 Å². The first-order valence-corrected chi connectivity index (χ1v) is 8.04. The molecular weight excluding hydrogens is 284 g/mol. The second-order valence-electron chi connectivity index (χ2n) is 6.47. The topological polar surface area (TPSA) is 86.7 Å². The standard InChI is InChI=1S/C16H22N2O4/c19-12-3-1-7-18(12)8-2-6-17-15(20)13-10-4-5-11(9-10)14(13)16(21)22/h4-5,10-11,13-14H,1-3,6-9H2,(H,17,20)(H,21,22)/t10-,11+,13-,14+/m0/s1. The average molecular weight is 306 g/mol. The number of nitrogens with one attached hydrogen (secondary N) is 1. The number of carboxylic acid groups (broad SMARTS) is 1. The van der Waals surface area contributed by atoms with Crippen LogP contribution in [0, 0.1) is 23.7 Å². The highest BCUT2D eigenvalue weighted by Crippen LogP contribution is 2.48. The third kappa shape index (κ3) is 2.74. The van der Waals surface area contributed by atoms with Crippen molar-refractivity contribution in [2.45, 2.75) is 25.7 Å². The van der Waals surface area contributed by atoms with E-state index in [-0.39, 0.29) is 23.7 Å². The molecule has 2 amide bonds. The molecule has 1 saturated heterocycles. The largest absolute Gasteiger partial charge is 0.481 e. The molecule has 2 fully saturated rings. The molecule has 0 radical (unpaired) electrons. The summed E-state index contributed by atoms with van der Waals surface area (Å²) in [6.07, 6.45) is 6.96. The number of amides is 2. The molecule has 3 rings (SSSR count). The Morgan fingerprint density at radius 1 is 1.27 bits per heavy atom. The lowest BCUT2D eigenvalue weighted by Crippen LogP contribution is -2.41. The summed E-state index contributed by atoms with van der Waals surface area (Å²) in [6, 6.07) is 0. The van der Waals surface area contributed by atoms with E-state index in [4.69, 9.17) is 0 Å². The molecule has 120 valence electrons. The summed E-state index contributed by atoms with van der Waals surface area (Å²) in [7, 11) is 0. The molecule has 2 aliphatic carbocycles. The molecule has 0 aromatic heterocycles. The van der Waals surface area contributed by atoms with Gasteiger partial charge in [-0.2, -0.15) is 0 Å². The van der Waals surface area contributed by atoms with Crippen LogP contribution in [0.3, 0.4) is 0 Å². The first-order chi connectivity index (χ1) is 10.6. The number of hydrogen-bond acceptors (Lipinski definition) is 3. The number of aliphatic carboxylic acids is 1. The Bertz CT molecular complexity index is 516. The number of carbonyl (C=O) groups is 3. The van der Waals surface area contributed by atoms with E-state index in [2.05, 4.69) is 5.32 Å². The Labute approximate surface area is 129 Å². The Balaban J connectivity index is 1.46. The molecule has 1 aliphatic heterocycles. The van der Waals surface area contributed by atoms with Gasteiger partial charge < -0.3 is 15.3 Å². The average Bonchev–Trinajstić information content (AvgIpc) is 3.18. The maximum Gasteiger partial charge on any atom is 0.307 e. The van der Waals surface area contributed by atoms with Gasteiger partial charge in [0.1, 0.15) is 0 Å². The van der Waals surface area contributed by atoms with E-state index < -0.39 is 17.8 Å². The van der Waals surface area contributed by atoms with Crippen LogP contribution in [0.2, 0.25) is 0 Å². The zero-order chi connectivity index (χ0) is 15.7. The summed E-state index contributed by atoms with van der Waals surface area (Å²) in [4.78, 5) is 37.0. The Hall–Kier alpha value is -1.85. The lowest BCUT2D eigenvalue weighted by Gasteiger charge is -2.24. The first-order valence-electron chi connectivity index (χ1n) is 8.04. The van der Waals surface area contributed by atoms with Crippen LogP contribution in [0.15, 0.2) is 12.2 Å². The summed E-state index contributed by atoms with van der Waals surface area (Å²) >= 11 is 0. The van der Waals surface area contributed by atoms with E-state index in [1.54, 1.807) is 0 Å². The highest BCUT2D eigenvalue weighted by Gasteiger charge is 2.51. The van der Waals surface area contributed by atoms with E-state index in [1.165, 1.54) is 0 Å². The molecule has 6 heteroatoms. The summed E-state index contributed by atoms with van der Waals surface area (Å²) in [5.41, 5.74) is 0. The zero-order valence-corrected chi connectivity index (χ0v) is 12.5. The monoisotopic (exact) mass is 306 g/mol. The third-order valence-corrected chi connectivity index (χ3v) is 5.12. The maximum absolute atomic E-state index is 12.3. The van der Waals surface area contributed by atoms with Crippen LogP contribution in [0.1, 0.15) is 25.7 Å². The van der Waals surface area contributed by atoms with Crippen molar-refractivity contribution in [1.82, 2.24) is 10.2 Å². The van der Waals surface area contributed by atoms with Gasteiger partial charge in [0.15, 0.2) is 0 Å². The number of fused-ring (bicyclic) bond motifs is 2. The van der Waals surface area contributed by atoms with Crippen molar-refractivity contribution >= 4 is 17.8 Å². The smallest absolute Gasteiger partial charge is 0.307 e. The third-order valence-electron chi connectivity index (χ3n) is 5.12. The van der Waals surface area contributed by atoms with Gasteiger partial charge in [-0.25, -0.2) is 0 Å². The Morgan fingerprint density at radius 3 is 2.64 bits per heavy atom. The number of nitrogens with zero attached hydrogens (tertiary/aromatic N) is 1. The molecule has 4 atom stereocenters. The number of rotatable bonds is 6. The first kappa shape index (κ1) is 15.1. The van der Waals surface area contributed by atoms with Crippen LogP contribution in [-0.2, 0) is 14.4 Å². The van der Waals surface area contributed by atoms with Crippen molar-refractivity contribution in [3.8, 4) is 0 Å². The van der Waals surface area contributed by atoms with Gasteiger partial charge in [-0.05, 0) is 31.1 Å². The Kier molecular flexibility index (Phi) is 4.18. The number of likely N-dealkylation sites (tertiary alicyclic amines) is 1. The minimum absolute atomic E-state index is 0.000437. The molecule has 1 heterocycles. The van der Waals surface area contributed by atoms with Crippen molar-refractivity contribution in [3.05, 3.63) is 12.2 Å². The van der Waals surface area contributed by atoms with E-state index in [0.29, 0.717) is 25.9 Å². The molecule has 2 N–H and O–H groups in total. The zero-order valence-electron chi connectivity index (χ0n) is 12.5. The van der Waals surface area contributed by atoms with Crippen LogP contribution in [0.4, 0.5) is 0 Å². The van der Waals surface area contributed by atoms with Gasteiger partial charge in [0, 0.05) is 26.1 Å². The molecule has 1 saturated carbocycles. The van der Waals surface area contributed by atoms with E-state index >= 15 is 0 Å². The molecule has 0 aromatic rings. The minimum Gasteiger partial charge on any atom is -0.481 e. The number of hydrogen-bond donors (Lipinski definition) is 2. The second kappa shape index (κ2) is 6.10. The fraction of sp³-hybridized carbons (Fsp3) is 0.688. The van der Waals surface area contributed by atoms with Crippen molar-refractivity contribution in [2.75, 3.05) is 19.6 Å².